The molecule has 3 aromatic rings. The maximum Gasteiger partial charge on any atom is 0.343 e. The standard InChI is InChI=1S/C24H19FO5/c1-28-22-12-9-16(14-23(22)29-2)8-11-20(26)19-15-18(25)10-13-21(19)30-24(27)17-6-4-3-5-7-17/h3-15H,1-2H3. The molecule has 3 aromatic carbocycles. The van der Waals surface area contributed by atoms with E-state index in [-0.39, 0.29) is 11.3 Å². The summed E-state index contributed by atoms with van der Waals surface area (Å²) >= 11 is 0. The molecule has 0 saturated carbocycles. The van der Waals surface area contributed by atoms with Crippen LogP contribution in [0.4, 0.5) is 4.39 Å². The Morgan fingerprint density at radius 2 is 1.53 bits per heavy atom. The zero-order valence-corrected chi connectivity index (χ0v) is 16.4. The number of halogens is 1. The van der Waals surface area contributed by atoms with Gasteiger partial charge in [0.15, 0.2) is 17.3 Å². The van der Waals surface area contributed by atoms with Crippen LogP contribution in [0.2, 0.25) is 0 Å². The Morgan fingerprint density at radius 3 is 2.23 bits per heavy atom. The number of ether oxygens (including phenoxy) is 3. The fourth-order valence-electron chi connectivity index (χ4n) is 2.73. The highest BCUT2D eigenvalue weighted by molar-refractivity contribution is 6.09. The first kappa shape index (κ1) is 20.8. The van der Waals surface area contributed by atoms with Gasteiger partial charge >= 0.3 is 5.97 Å². The molecule has 0 atom stereocenters. The van der Waals surface area contributed by atoms with Crippen LogP contribution in [0.15, 0.2) is 72.8 Å². The van der Waals surface area contributed by atoms with Crippen molar-refractivity contribution in [2.75, 3.05) is 14.2 Å². The van der Waals surface area contributed by atoms with E-state index in [0.717, 1.165) is 12.1 Å². The predicted molar refractivity (Wildman–Crippen MR) is 111 cm³/mol. The van der Waals surface area contributed by atoms with Crippen molar-refractivity contribution >= 4 is 17.8 Å². The molecule has 0 fully saturated rings. The maximum atomic E-state index is 13.8. The first-order valence-electron chi connectivity index (χ1n) is 9.03. The van der Waals surface area contributed by atoms with E-state index < -0.39 is 17.6 Å². The van der Waals surface area contributed by atoms with E-state index in [0.29, 0.717) is 22.6 Å². The van der Waals surface area contributed by atoms with Crippen LogP contribution < -0.4 is 14.2 Å². The van der Waals surface area contributed by atoms with Crippen molar-refractivity contribution < 1.29 is 28.2 Å². The molecule has 0 spiro atoms. The second-order valence-corrected chi connectivity index (χ2v) is 6.21. The van der Waals surface area contributed by atoms with Crippen LogP contribution >= 0.6 is 0 Å². The van der Waals surface area contributed by atoms with Gasteiger partial charge in [-0.1, -0.05) is 30.3 Å². The minimum atomic E-state index is -0.639. The number of allylic oxidation sites excluding steroid dienone is 1. The van der Waals surface area contributed by atoms with E-state index >= 15 is 0 Å². The van der Waals surface area contributed by atoms with Gasteiger partial charge in [0.05, 0.1) is 25.3 Å². The quantitative estimate of drug-likeness (QED) is 0.240. The van der Waals surface area contributed by atoms with Crippen molar-refractivity contribution in [3.8, 4) is 17.2 Å². The lowest BCUT2D eigenvalue weighted by atomic mass is 10.1. The molecule has 0 aliphatic carbocycles. The molecule has 0 amide bonds. The summed E-state index contributed by atoms with van der Waals surface area (Å²) in [5.41, 5.74) is 0.942. The fraction of sp³-hybridized carbons (Fsp3) is 0.0833. The van der Waals surface area contributed by atoms with Gasteiger partial charge in [-0.05, 0) is 54.1 Å². The van der Waals surface area contributed by atoms with E-state index in [1.165, 1.54) is 26.4 Å². The molecule has 0 aliphatic rings. The van der Waals surface area contributed by atoms with Gasteiger partial charge in [0.2, 0.25) is 0 Å². The predicted octanol–water partition coefficient (Wildman–Crippen LogP) is 4.96. The summed E-state index contributed by atoms with van der Waals surface area (Å²) in [6.45, 7) is 0. The van der Waals surface area contributed by atoms with Crippen molar-refractivity contribution in [1.82, 2.24) is 0 Å². The van der Waals surface area contributed by atoms with Crippen LogP contribution in [-0.2, 0) is 0 Å². The Balaban J connectivity index is 1.84. The lowest BCUT2D eigenvalue weighted by molar-refractivity contribution is 0.0733. The minimum Gasteiger partial charge on any atom is -0.493 e. The van der Waals surface area contributed by atoms with Crippen LogP contribution in [0.3, 0.4) is 0 Å². The average molecular weight is 406 g/mol. The molecule has 0 heterocycles. The molecule has 5 nitrogen and oxygen atoms in total. The summed E-state index contributed by atoms with van der Waals surface area (Å²) in [6.07, 6.45) is 2.83. The Kier molecular flexibility index (Phi) is 6.60. The van der Waals surface area contributed by atoms with Gasteiger partial charge < -0.3 is 14.2 Å². The summed E-state index contributed by atoms with van der Waals surface area (Å²) in [4.78, 5) is 25.0. The number of methoxy groups -OCH3 is 2. The van der Waals surface area contributed by atoms with Crippen LogP contribution in [0.1, 0.15) is 26.3 Å². The molecule has 0 aliphatic heterocycles. The van der Waals surface area contributed by atoms with E-state index in [4.69, 9.17) is 14.2 Å². The first-order chi connectivity index (χ1) is 14.5. The molecule has 6 heteroatoms. The molecule has 0 N–H and O–H groups in total. The zero-order valence-electron chi connectivity index (χ0n) is 16.4. The van der Waals surface area contributed by atoms with Gasteiger partial charge in [-0.25, -0.2) is 9.18 Å². The molecular formula is C24H19FO5. The number of hydrogen-bond donors (Lipinski definition) is 0. The van der Waals surface area contributed by atoms with E-state index in [9.17, 15) is 14.0 Å². The van der Waals surface area contributed by atoms with Crippen LogP contribution in [-0.4, -0.2) is 26.0 Å². The fourth-order valence-corrected chi connectivity index (χ4v) is 2.73. The van der Waals surface area contributed by atoms with Gasteiger partial charge in [-0.3, -0.25) is 4.79 Å². The summed E-state index contributed by atoms with van der Waals surface area (Å²) in [6, 6.07) is 16.9. The van der Waals surface area contributed by atoms with Gasteiger partial charge in [-0.2, -0.15) is 0 Å². The Labute approximate surface area is 173 Å². The molecule has 152 valence electrons. The number of carbonyl (C=O) groups excluding carboxylic acids is 2. The molecule has 0 radical (unpaired) electrons. The summed E-state index contributed by atoms with van der Waals surface area (Å²) in [7, 11) is 3.04. The number of rotatable bonds is 7. The largest absolute Gasteiger partial charge is 0.493 e. The van der Waals surface area contributed by atoms with Gasteiger partial charge in [0.25, 0.3) is 0 Å². The van der Waals surface area contributed by atoms with Crippen molar-refractivity contribution in [2.45, 2.75) is 0 Å². The molecule has 0 unspecified atom stereocenters. The van der Waals surface area contributed by atoms with E-state index in [1.54, 1.807) is 54.6 Å². The Bertz CT molecular complexity index is 1090. The summed E-state index contributed by atoms with van der Waals surface area (Å²) < 4.78 is 29.5. The third-order valence-corrected chi connectivity index (χ3v) is 4.25. The molecule has 3 rings (SSSR count). The normalized spacial score (nSPS) is 10.6. The lowest BCUT2D eigenvalue weighted by Gasteiger charge is -2.09. The number of benzene rings is 3. The van der Waals surface area contributed by atoms with Crippen molar-refractivity contribution in [2.24, 2.45) is 0 Å². The van der Waals surface area contributed by atoms with E-state index in [2.05, 4.69) is 0 Å². The Hall–Kier alpha value is -3.93. The van der Waals surface area contributed by atoms with Crippen molar-refractivity contribution in [3.05, 3.63) is 95.3 Å². The summed E-state index contributed by atoms with van der Waals surface area (Å²) in [5, 5.41) is 0. The smallest absolute Gasteiger partial charge is 0.343 e. The average Bonchev–Trinajstić information content (AvgIpc) is 2.78. The topological polar surface area (TPSA) is 61.8 Å². The highest BCUT2D eigenvalue weighted by Gasteiger charge is 2.16. The SMILES string of the molecule is COc1ccc(C=CC(=O)c2cc(F)ccc2OC(=O)c2ccccc2)cc1OC. The highest BCUT2D eigenvalue weighted by atomic mass is 19.1. The molecular weight excluding hydrogens is 387 g/mol. The zero-order chi connectivity index (χ0) is 21.5. The van der Waals surface area contributed by atoms with Crippen molar-refractivity contribution in [1.29, 1.82) is 0 Å². The second kappa shape index (κ2) is 9.52. The molecule has 30 heavy (non-hydrogen) atoms. The van der Waals surface area contributed by atoms with E-state index in [1.807, 2.05) is 0 Å². The minimum absolute atomic E-state index is 0.0211. The molecule has 0 bridgehead atoms. The first-order valence-corrected chi connectivity index (χ1v) is 9.03. The van der Waals surface area contributed by atoms with Gasteiger partial charge in [0, 0.05) is 0 Å². The Morgan fingerprint density at radius 1 is 0.833 bits per heavy atom. The third-order valence-electron chi connectivity index (χ3n) is 4.25. The third kappa shape index (κ3) is 4.91. The summed E-state index contributed by atoms with van der Waals surface area (Å²) in [5.74, 6) is -0.721. The molecule has 0 saturated heterocycles. The number of ketones is 1. The molecule has 0 aromatic heterocycles. The lowest BCUT2D eigenvalue weighted by Crippen LogP contribution is -2.11. The van der Waals surface area contributed by atoms with Crippen LogP contribution in [0.25, 0.3) is 6.08 Å². The highest BCUT2D eigenvalue weighted by Crippen LogP contribution is 2.28. The number of carbonyl (C=O) groups is 2. The van der Waals surface area contributed by atoms with Crippen LogP contribution in [0.5, 0.6) is 17.2 Å². The van der Waals surface area contributed by atoms with Crippen molar-refractivity contribution in [3.63, 3.8) is 0 Å². The maximum absolute atomic E-state index is 13.8. The number of hydrogen-bond acceptors (Lipinski definition) is 5. The number of esters is 1. The van der Waals surface area contributed by atoms with Gasteiger partial charge in [0.1, 0.15) is 11.6 Å². The van der Waals surface area contributed by atoms with Gasteiger partial charge in [-0.15, -0.1) is 0 Å². The second-order valence-electron chi connectivity index (χ2n) is 6.21. The van der Waals surface area contributed by atoms with Crippen LogP contribution in [0, 0.1) is 5.82 Å². The monoisotopic (exact) mass is 406 g/mol.